The Morgan fingerprint density at radius 1 is 1.50 bits per heavy atom. The molecule has 2 heterocycles. The van der Waals surface area contributed by atoms with Crippen molar-refractivity contribution < 1.29 is 9.47 Å². The molecule has 0 aromatic carbocycles. The zero-order valence-electron chi connectivity index (χ0n) is 12.1. The predicted octanol–water partition coefficient (Wildman–Crippen LogP) is 3.00. The number of ether oxygens (including phenoxy) is 2. The molecule has 1 aromatic rings. The fourth-order valence-electron chi connectivity index (χ4n) is 3.85. The van der Waals surface area contributed by atoms with E-state index in [1.54, 1.807) is 18.4 Å². The number of hydrogen-bond donors (Lipinski definition) is 2. The van der Waals surface area contributed by atoms with Crippen LogP contribution in [-0.2, 0) is 4.74 Å². The molecule has 112 valence electrons. The Balaban J connectivity index is 1.78. The first-order valence-corrected chi connectivity index (χ1v) is 8.37. The largest absolute Gasteiger partial charge is 0.496 e. The molecule has 1 aliphatic carbocycles. The molecule has 2 unspecified atom stereocenters. The summed E-state index contributed by atoms with van der Waals surface area (Å²) >= 11 is 1.72. The number of rotatable bonds is 4. The van der Waals surface area contributed by atoms with Crippen LogP contribution in [0.4, 0.5) is 0 Å². The molecule has 20 heavy (non-hydrogen) atoms. The Hall–Kier alpha value is -0.620. The summed E-state index contributed by atoms with van der Waals surface area (Å²) in [6.45, 7) is 0.858. The summed E-state index contributed by atoms with van der Waals surface area (Å²) < 4.78 is 11.6. The maximum atomic E-state index is 6.13. The van der Waals surface area contributed by atoms with E-state index in [1.165, 1.54) is 30.6 Å². The van der Waals surface area contributed by atoms with Crippen molar-refractivity contribution in [2.75, 3.05) is 13.7 Å². The quantitative estimate of drug-likeness (QED) is 0.662. The first-order valence-electron chi connectivity index (χ1n) is 7.49. The van der Waals surface area contributed by atoms with Gasteiger partial charge >= 0.3 is 0 Å². The molecule has 2 atom stereocenters. The summed E-state index contributed by atoms with van der Waals surface area (Å²) in [5.74, 6) is 7.34. The second-order valence-electron chi connectivity index (χ2n) is 5.99. The van der Waals surface area contributed by atoms with Crippen LogP contribution in [0, 0.1) is 5.92 Å². The second-order valence-corrected chi connectivity index (χ2v) is 6.94. The van der Waals surface area contributed by atoms with E-state index < -0.39 is 0 Å². The smallest absolute Gasteiger partial charge is 0.134 e. The summed E-state index contributed by atoms with van der Waals surface area (Å²) in [6, 6.07) is 2.20. The first-order chi connectivity index (χ1) is 9.78. The molecular weight excluding hydrogens is 272 g/mol. The van der Waals surface area contributed by atoms with Crippen molar-refractivity contribution in [3.63, 3.8) is 0 Å². The summed E-state index contributed by atoms with van der Waals surface area (Å²) in [6.07, 6.45) is 7.21. The van der Waals surface area contributed by atoms with Gasteiger partial charge in [-0.3, -0.25) is 11.3 Å². The van der Waals surface area contributed by atoms with Gasteiger partial charge in [-0.2, -0.15) is 0 Å². The predicted molar refractivity (Wildman–Crippen MR) is 80.8 cm³/mol. The van der Waals surface area contributed by atoms with Crippen LogP contribution < -0.4 is 16.0 Å². The van der Waals surface area contributed by atoms with E-state index in [1.807, 2.05) is 6.07 Å². The highest BCUT2D eigenvalue weighted by Gasteiger charge is 2.42. The van der Waals surface area contributed by atoms with Gasteiger partial charge in [-0.1, -0.05) is 12.8 Å². The monoisotopic (exact) mass is 296 g/mol. The molecule has 1 aliphatic heterocycles. The molecule has 5 heteroatoms. The third-order valence-electron chi connectivity index (χ3n) is 4.86. The molecule has 2 aliphatic rings. The van der Waals surface area contributed by atoms with Crippen LogP contribution in [0.2, 0.25) is 0 Å². The normalized spacial score (nSPS) is 26.8. The van der Waals surface area contributed by atoms with Crippen LogP contribution >= 0.6 is 11.3 Å². The van der Waals surface area contributed by atoms with Gasteiger partial charge in [0.15, 0.2) is 0 Å². The number of hydrogen-bond acceptors (Lipinski definition) is 5. The molecule has 3 rings (SSSR count). The van der Waals surface area contributed by atoms with Crippen molar-refractivity contribution in [3.8, 4) is 5.75 Å². The molecule has 0 radical (unpaired) electrons. The zero-order chi connectivity index (χ0) is 14.0. The molecule has 1 saturated heterocycles. The van der Waals surface area contributed by atoms with Crippen LogP contribution in [-0.4, -0.2) is 19.3 Å². The number of methoxy groups -OCH3 is 1. The fourth-order valence-corrected chi connectivity index (χ4v) is 4.86. The van der Waals surface area contributed by atoms with E-state index in [0.717, 1.165) is 25.2 Å². The van der Waals surface area contributed by atoms with Gasteiger partial charge in [0, 0.05) is 6.61 Å². The van der Waals surface area contributed by atoms with Crippen molar-refractivity contribution in [3.05, 3.63) is 16.3 Å². The fraction of sp³-hybridized carbons (Fsp3) is 0.733. The SMILES string of the molecule is COc1ccsc1C(NN)C1CCOC2(CCCC2)C1. The Morgan fingerprint density at radius 3 is 3.00 bits per heavy atom. The highest BCUT2D eigenvalue weighted by Crippen LogP contribution is 2.47. The lowest BCUT2D eigenvalue weighted by Crippen LogP contribution is -2.43. The molecule has 4 nitrogen and oxygen atoms in total. The van der Waals surface area contributed by atoms with Crippen LogP contribution in [0.25, 0.3) is 0 Å². The van der Waals surface area contributed by atoms with Crippen molar-refractivity contribution >= 4 is 11.3 Å². The van der Waals surface area contributed by atoms with Gasteiger partial charge in [-0.25, -0.2) is 0 Å². The van der Waals surface area contributed by atoms with Gasteiger partial charge in [0.1, 0.15) is 5.75 Å². The number of hydrazine groups is 1. The minimum atomic E-state index is 0.127. The van der Waals surface area contributed by atoms with E-state index in [0.29, 0.717) is 5.92 Å². The maximum Gasteiger partial charge on any atom is 0.134 e. The Bertz CT molecular complexity index is 443. The van der Waals surface area contributed by atoms with Crippen LogP contribution in [0.3, 0.4) is 0 Å². The average Bonchev–Trinajstić information content (AvgIpc) is 3.10. The van der Waals surface area contributed by atoms with Crippen LogP contribution in [0.5, 0.6) is 5.75 Å². The van der Waals surface area contributed by atoms with Crippen molar-refractivity contribution in [2.45, 2.75) is 50.2 Å². The van der Waals surface area contributed by atoms with E-state index in [4.69, 9.17) is 15.3 Å². The molecule has 0 amide bonds. The van der Waals surface area contributed by atoms with Crippen molar-refractivity contribution in [2.24, 2.45) is 11.8 Å². The van der Waals surface area contributed by atoms with E-state index in [9.17, 15) is 0 Å². The Kier molecular flexibility index (Phi) is 4.31. The van der Waals surface area contributed by atoms with Gasteiger partial charge < -0.3 is 9.47 Å². The highest BCUT2D eigenvalue weighted by atomic mass is 32.1. The highest BCUT2D eigenvalue weighted by molar-refractivity contribution is 7.10. The Labute approximate surface area is 124 Å². The van der Waals surface area contributed by atoms with Crippen molar-refractivity contribution in [1.82, 2.24) is 5.43 Å². The molecule has 3 N–H and O–H groups in total. The van der Waals surface area contributed by atoms with Crippen molar-refractivity contribution in [1.29, 1.82) is 0 Å². The third kappa shape index (κ3) is 2.60. The summed E-state index contributed by atoms with van der Waals surface area (Å²) in [4.78, 5) is 1.22. The zero-order valence-corrected chi connectivity index (χ0v) is 12.9. The van der Waals surface area contributed by atoms with Crippen LogP contribution in [0.15, 0.2) is 11.4 Å². The summed E-state index contributed by atoms with van der Waals surface area (Å²) in [5.41, 5.74) is 3.16. The third-order valence-corrected chi connectivity index (χ3v) is 5.84. The van der Waals surface area contributed by atoms with E-state index >= 15 is 0 Å². The van der Waals surface area contributed by atoms with Crippen LogP contribution in [0.1, 0.15) is 49.4 Å². The van der Waals surface area contributed by atoms with Gasteiger partial charge in [-0.15, -0.1) is 11.3 Å². The lowest BCUT2D eigenvalue weighted by Gasteiger charge is -2.41. The average molecular weight is 296 g/mol. The standard InChI is InChI=1S/C15H24N2O2S/c1-18-12-5-9-20-14(12)13(17-16)11-4-8-19-15(10-11)6-2-3-7-15/h5,9,11,13,17H,2-4,6-8,10,16H2,1H3. The topological polar surface area (TPSA) is 56.5 Å². The second kappa shape index (κ2) is 6.02. The molecule has 1 saturated carbocycles. The van der Waals surface area contributed by atoms with Gasteiger partial charge in [-0.05, 0) is 43.0 Å². The summed E-state index contributed by atoms with van der Waals surface area (Å²) in [7, 11) is 1.72. The van der Waals surface area contributed by atoms with Gasteiger partial charge in [0.05, 0.1) is 23.6 Å². The number of thiophene rings is 1. The molecule has 2 fully saturated rings. The van der Waals surface area contributed by atoms with E-state index in [2.05, 4.69) is 10.8 Å². The maximum absolute atomic E-state index is 6.13. The minimum Gasteiger partial charge on any atom is -0.496 e. The Morgan fingerprint density at radius 2 is 2.30 bits per heavy atom. The molecular formula is C15H24N2O2S. The molecule has 1 aromatic heterocycles. The number of nitrogens with one attached hydrogen (secondary N) is 1. The molecule has 0 bridgehead atoms. The lowest BCUT2D eigenvalue weighted by molar-refractivity contribution is -0.0981. The van der Waals surface area contributed by atoms with Gasteiger partial charge in [0.2, 0.25) is 0 Å². The molecule has 1 spiro atoms. The van der Waals surface area contributed by atoms with Gasteiger partial charge in [0.25, 0.3) is 0 Å². The first kappa shape index (κ1) is 14.3. The minimum absolute atomic E-state index is 0.127. The van der Waals surface area contributed by atoms with E-state index in [-0.39, 0.29) is 11.6 Å². The lowest BCUT2D eigenvalue weighted by atomic mass is 9.80. The summed E-state index contributed by atoms with van der Waals surface area (Å²) in [5, 5.41) is 2.07. The number of nitrogens with two attached hydrogens (primary N) is 1.